The van der Waals surface area contributed by atoms with Crippen LogP contribution in [0.3, 0.4) is 0 Å². The Morgan fingerprint density at radius 2 is 2.04 bits per heavy atom. The van der Waals surface area contributed by atoms with Crippen molar-refractivity contribution in [2.24, 2.45) is 5.73 Å². The molecule has 1 saturated heterocycles. The Morgan fingerprint density at radius 3 is 2.75 bits per heavy atom. The summed E-state index contributed by atoms with van der Waals surface area (Å²) in [6, 6.07) is 7.71. The Balaban J connectivity index is 1.76. The Kier molecular flexibility index (Phi) is 4.57. The number of nitrogen functional groups attached to an aromatic ring is 1. The van der Waals surface area contributed by atoms with Crippen LogP contribution in [0.25, 0.3) is 0 Å². The smallest absolute Gasteiger partial charge is 0.275 e. The normalized spacial score (nSPS) is 20.0. The highest BCUT2D eigenvalue weighted by Crippen LogP contribution is 2.14. The second-order valence-corrected chi connectivity index (χ2v) is 6.11. The van der Waals surface area contributed by atoms with Gasteiger partial charge in [-0.25, -0.2) is 0 Å². The molecule has 1 aromatic carbocycles. The van der Waals surface area contributed by atoms with Crippen molar-refractivity contribution in [3.63, 3.8) is 0 Å². The molecule has 1 amide bonds. The van der Waals surface area contributed by atoms with Crippen LogP contribution in [0.2, 0.25) is 0 Å². The number of hydrogen-bond donors (Lipinski definition) is 4. The molecule has 8 heteroatoms. The fourth-order valence-corrected chi connectivity index (χ4v) is 3.01. The Bertz CT molecular complexity index is 732. The van der Waals surface area contributed by atoms with Crippen molar-refractivity contribution >= 4 is 23.5 Å². The predicted octanol–water partition coefficient (Wildman–Crippen LogP) is -0.462. The molecule has 8 nitrogen and oxygen atoms in total. The van der Waals surface area contributed by atoms with Crippen LogP contribution in [0, 0.1) is 6.92 Å². The van der Waals surface area contributed by atoms with E-state index in [9.17, 15) is 4.79 Å². The van der Waals surface area contributed by atoms with Gasteiger partial charge in [-0.3, -0.25) is 4.79 Å². The maximum Gasteiger partial charge on any atom is 0.275 e. The molecule has 3 rings (SSSR count). The van der Waals surface area contributed by atoms with Crippen LogP contribution in [0.4, 0.5) is 17.6 Å². The second kappa shape index (κ2) is 6.79. The summed E-state index contributed by atoms with van der Waals surface area (Å²) in [6.45, 7) is 3.40. The van der Waals surface area contributed by atoms with E-state index < -0.39 is 0 Å². The van der Waals surface area contributed by atoms with Gasteiger partial charge in [0.05, 0.1) is 6.54 Å². The summed E-state index contributed by atoms with van der Waals surface area (Å²) in [5.41, 5.74) is 13.3. The second-order valence-electron chi connectivity index (χ2n) is 6.11. The van der Waals surface area contributed by atoms with Crippen LogP contribution in [-0.4, -0.2) is 33.4 Å². The van der Waals surface area contributed by atoms with E-state index in [1.54, 1.807) is 0 Å². The highest BCUT2D eigenvalue weighted by atomic mass is 16.1. The third-order valence-electron chi connectivity index (χ3n) is 4.22. The van der Waals surface area contributed by atoms with Crippen LogP contribution >= 0.6 is 0 Å². The first-order valence-corrected chi connectivity index (χ1v) is 7.99. The highest BCUT2D eigenvalue weighted by Gasteiger charge is 2.33. The molecule has 126 valence electrons. The molecule has 0 aliphatic carbocycles. The quantitative estimate of drug-likeness (QED) is 0.589. The number of likely N-dealkylation sites (tertiary alicyclic amines) is 1. The summed E-state index contributed by atoms with van der Waals surface area (Å²) in [7, 11) is 0. The number of aryl methyl sites for hydroxylation is 1. The molecule has 0 radical (unpaired) electrons. The third kappa shape index (κ3) is 3.77. The van der Waals surface area contributed by atoms with Gasteiger partial charge in [0.25, 0.3) is 5.91 Å². The average Bonchev–Trinajstić information content (AvgIpc) is 2.97. The minimum absolute atomic E-state index is 0.156. The van der Waals surface area contributed by atoms with Crippen LogP contribution in [-0.2, 0) is 11.3 Å². The number of amides is 1. The molecule has 1 aromatic heterocycles. The van der Waals surface area contributed by atoms with E-state index in [1.165, 1.54) is 5.56 Å². The summed E-state index contributed by atoms with van der Waals surface area (Å²) in [5, 5.41) is 3.13. The Morgan fingerprint density at radius 1 is 1.29 bits per heavy atom. The summed E-state index contributed by atoms with van der Waals surface area (Å²) >= 11 is 0. The topological polar surface area (TPSA) is 124 Å². The molecule has 24 heavy (non-hydrogen) atoms. The summed E-state index contributed by atoms with van der Waals surface area (Å²) in [5.74, 6) is 0.835. The third-order valence-corrected chi connectivity index (χ3v) is 4.22. The zero-order valence-corrected chi connectivity index (χ0v) is 13.6. The number of benzene rings is 1. The number of nitrogens with zero attached hydrogens (tertiary/aromatic N) is 3. The SMILES string of the molecule is Cc1ccc(Nc2nc(N)nc(C[NH+]3CCC[C@H]3C(N)=O)n2)cc1. The van der Waals surface area contributed by atoms with E-state index in [2.05, 4.69) is 20.3 Å². The molecule has 1 aliphatic heterocycles. The fourth-order valence-electron chi connectivity index (χ4n) is 3.01. The lowest BCUT2D eigenvalue weighted by Crippen LogP contribution is -3.13. The number of anilines is 3. The largest absolute Gasteiger partial charge is 0.368 e. The molecular weight excluding hydrogens is 306 g/mol. The molecule has 0 spiro atoms. The number of hydrogen-bond acceptors (Lipinski definition) is 6. The van der Waals surface area contributed by atoms with Gasteiger partial charge in [-0.05, 0) is 19.1 Å². The maximum absolute atomic E-state index is 11.5. The van der Waals surface area contributed by atoms with E-state index in [-0.39, 0.29) is 17.9 Å². The van der Waals surface area contributed by atoms with Crippen molar-refractivity contribution in [3.8, 4) is 0 Å². The number of carbonyl (C=O) groups excluding carboxylic acids is 1. The minimum atomic E-state index is -0.275. The van der Waals surface area contributed by atoms with Crippen LogP contribution in [0.5, 0.6) is 0 Å². The van der Waals surface area contributed by atoms with Gasteiger partial charge in [-0.2, -0.15) is 15.0 Å². The number of rotatable bonds is 5. The molecule has 2 heterocycles. The zero-order chi connectivity index (χ0) is 17.1. The van der Waals surface area contributed by atoms with E-state index in [4.69, 9.17) is 11.5 Å². The molecule has 1 aliphatic rings. The van der Waals surface area contributed by atoms with Crippen molar-refractivity contribution in [1.29, 1.82) is 0 Å². The van der Waals surface area contributed by atoms with Gasteiger partial charge < -0.3 is 21.7 Å². The van der Waals surface area contributed by atoms with Gasteiger partial charge >= 0.3 is 0 Å². The highest BCUT2D eigenvalue weighted by molar-refractivity contribution is 5.78. The number of quaternary nitrogens is 1. The van der Waals surface area contributed by atoms with Gasteiger partial charge in [-0.15, -0.1) is 0 Å². The van der Waals surface area contributed by atoms with Crippen molar-refractivity contribution in [3.05, 3.63) is 35.7 Å². The van der Waals surface area contributed by atoms with Crippen LogP contribution in [0.15, 0.2) is 24.3 Å². The number of nitrogens with two attached hydrogens (primary N) is 2. The molecule has 0 bridgehead atoms. The van der Waals surface area contributed by atoms with E-state index in [1.807, 2.05) is 31.2 Å². The molecular formula is C16H22N7O+. The number of aromatic nitrogens is 3. The summed E-state index contributed by atoms with van der Waals surface area (Å²) < 4.78 is 0. The van der Waals surface area contributed by atoms with Crippen molar-refractivity contribution in [2.75, 3.05) is 17.6 Å². The average molecular weight is 328 g/mol. The fraction of sp³-hybridized carbons (Fsp3) is 0.375. The number of nitrogens with one attached hydrogen (secondary N) is 2. The van der Waals surface area contributed by atoms with Crippen molar-refractivity contribution in [1.82, 2.24) is 15.0 Å². The molecule has 2 aromatic rings. The monoisotopic (exact) mass is 328 g/mol. The Labute approximate surface area is 140 Å². The molecule has 1 fully saturated rings. The lowest BCUT2D eigenvalue weighted by atomic mass is 10.2. The molecule has 6 N–H and O–H groups in total. The number of carbonyl (C=O) groups is 1. The molecule has 2 atom stereocenters. The first kappa shape index (κ1) is 16.1. The predicted molar refractivity (Wildman–Crippen MR) is 90.5 cm³/mol. The standard InChI is InChI=1S/C16H21N7O/c1-10-4-6-11(7-5-10)19-16-21-13(20-15(18)22-16)9-23-8-2-3-12(23)14(17)24/h4-7,12H,2-3,8-9H2,1H3,(H2,17,24)(H3,18,19,20,21,22)/p+1/t12-/m0/s1. The lowest BCUT2D eigenvalue weighted by molar-refractivity contribution is -0.917. The first-order chi connectivity index (χ1) is 11.5. The van der Waals surface area contributed by atoms with Gasteiger partial charge in [0.2, 0.25) is 11.9 Å². The van der Waals surface area contributed by atoms with E-state index >= 15 is 0 Å². The molecule has 1 unspecified atom stereocenters. The van der Waals surface area contributed by atoms with Gasteiger partial charge in [0.15, 0.2) is 11.9 Å². The van der Waals surface area contributed by atoms with Gasteiger partial charge in [0.1, 0.15) is 6.54 Å². The van der Waals surface area contributed by atoms with Crippen LogP contribution in [0.1, 0.15) is 24.2 Å². The summed E-state index contributed by atoms with van der Waals surface area (Å²) in [6.07, 6.45) is 1.78. The molecule has 0 saturated carbocycles. The summed E-state index contributed by atoms with van der Waals surface area (Å²) in [4.78, 5) is 25.3. The van der Waals surface area contributed by atoms with Gasteiger partial charge in [0, 0.05) is 18.5 Å². The first-order valence-electron chi connectivity index (χ1n) is 7.99. The minimum Gasteiger partial charge on any atom is -0.368 e. The Hall–Kier alpha value is -2.74. The van der Waals surface area contributed by atoms with Crippen molar-refractivity contribution < 1.29 is 9.69 Å². The van der Waals surface area contributed by atoms with Gasteiger partial charge in [-0.1, -0.05) is 17.7 Å². The van der Waals surface area contributed by atoms with Crippen LogP contribution < -0.4 is 21.7 Å². The van der Waals surface area contributed by atoms with E-state index in [0.29, 0.717) is 18.3 Å². The zero-order valence-electron chi connectivity index (χ0n) is 13.6. The lowest BCUT2D eigenvalue weighted by Gasteiger charge is -2.18. The maximum atomic E-state index is 11.5. The van der Waals surface area contributed by atoms with E-state index in [0.717, 1.165) is 30.0 Å². The number of primary amides is 1. The van der Waals surface area contributed by atoms with Crippen molar-refractivity contribution in [2.45, 2.75) is 32.4 Å².